The molecule has 27 heavy (non-hydrogen) atoms. The Balaban J connectivity index is 1.81. The van der Waals surface area contributed by atoms with Gasteiger partial charge in [-0.3, -0.25) is 18.9 Å². The molecule has 0 bridgehead atoms. The number of benzene rings is 1. The Kier molecular flexibility index (Phi) is 3.02. The van der Waals surface area contributed by atoms with Gasteiger partial charge in [0, 0.05) is 21.1 Å². The summed E-state index contributed by atoms with van der Waals surface area (Å²) in [7, 11) is 5.03. The van der Waals surface area contributed by atoms with Crippen molar-refractivity contribution in [3.63, 3.8) is 0 Å². The fraction of sp³-hybridized carbons (Fsp3) is 0.316. The minimum Gasteiger partial charge on any atom is -0.484 e. The number of nitrogens with zero attached hydrogens (tertiary/aromatic N) is 5. The number of fused-ring (bicyclic) bond motifs is 2. The van der Waals surface area contributed by atoms with E-state index in [-0.39, 0.29) is 17.3 Å². The molecule has 8 heteroatoms. The van der Waals surface area contributed by atoms with E-state index in [1.54, 1.807) is 13.3 Å². The van der Waals surface area contributed by atoms with Crippen LogP contribution in [-0.4, -0.2) is 40.1 Å². The first-order valence-corrected chi connectivity index (χ1v) is 8.75. The third-order valence-corrected chi connectivity index (χ3v) is 5.61. The molecule has 3 aliphatic rings. The second-order valence-electron chi connectivity index (χ2n) is 7.17. The maximum Gasteiger partial charge on any atom is 0.332 e. The molecular formula is C19H19N5O3. The van der Waals surface area contributed by atoms with E-state index in [2.05, 4.69) is 0 Å². The van der Waals surface area contributed by atoms with Crippen molar-refractivity contribution in [1.29, 1.82) is 0 Å². The highest BCUT2D eigenvalue weighted by atomic mass is 16.5. The van der Waals surface area contributed by atoms with Crippen LogP contribution >= 0.6 is 0 Å². The van der Waals surface area contributed by atoms with Crippen LogP contribution in [0.4, 0.5) is 11.5 Å². The van der Waals surface area contributed by atoms with Crippen LogP contribution in [-0.2, 0) is 18.8 Å². The van der Waals surface area contributed by atoms with E-state index in [4.69, 9.17) is 9.84 Å². The van der Waals surface area contributed by atoms with Gasteiger partial charge in [-0.1, -0.05) is 18.2 Å². The second kappa shape index (κ2) is 5.12. The molecule has 1 aromatic carbocycles. The summed E-state index contributed by atoms with van der Waals surface area (Å²) in [6.07, 6.45) is 3.65. The maximum absolute atomic E-state index is 13.1. The van der Waals surface area contributed by atoms with Gasteiger partial charge >= 0.3 is 5.69 Å². The van der Waals surface area contributed by atoms with Gasteiger partial charge in [0.05, 0.1) is 18.5 Å². The summed E-state index contributed by atoms with van der Waals surface area (Å²) in [5.41, 5.74) is 0.418. The summed E-state index contributed by atoms with van der Waals surface area (Å²) in [5, 5.41) is 6.72. The largest absolute Gasteiger partial charge is 0.484 e. The van der Waals surface area contributed by atoms with E-state index in [0.29, 0.717) is 23.6 Å². The van der Waals surface area contributed by atoms with E-state index in [1.807, 2.05) is 53.4 Å². The first kappa shape index (κ1) is 15.9. The summed E-state index contributed by atoms with van der Waals surface area (Å²) in [6, 6.07) is 9.65. The van der Waals surface area contributed by atoms with Crippen LogP contribution in [0.15, 0.2) is 57.4 Å². The zero-order valence-electron chi connectivity index (χ0n) is 15.3. The average molecular weight is 365 g/mol. The first-order chi connectivity index (χ1) is 13.0. The molecular weight excluding hydrogens is 346 g/mol. The van der Waals surface area contributed by atoms with Gasteiger partial charge in [0.1, 0.15) is 23.1 Å². The third-order valence-electron chi connectivity index (χ3n) is 5.61. The van der Waals surface area contributed by atoms with Crippen molar-refractivity contribution < 1.29 is 4.74 Å². The highest BCUT2D eigenvalue weighted by molar-refractivity contribution is 6.14. The van der Waals surface area contributed by atoms with Gasteiger partial charge in [0.2, 0.25) is 0 Å². The third kappa shape index (κ3) is 1.84. The monoisotopic (exact) mass is 365 g/mol. The van der Waals surface area contributed by atoms with Gasteiger partial charge in [-0.05, 0) is 18.2 Å². The Morgan fingerprint density at radius 2 is 1.85 bits per heavy atom. The van der Waals surface area contributed by atoms with Crippen molar-refractivity contribution >= 4 is 17.2 Å². The van der Waals surface area contributed by atoms with Crippen molar-refractivity contribution in [3.8, 4) is 0 Å². The molecule has 0 radical (unpaired) electrons. The summed E-state index contributed by atoms with van der Waals surface area (Å²) >= 11 is 0. The minimum absolute atomic E-state index is 0.160. The van der Waals surface area contributed by atoms with E-state index in [0.717, 1.165) is 10.3 Å². The molecule has 8 nitrogen and oxygen atoms in total. The van der Waals surface area contributed by atoms with Crippen LogP contribution in [0.3, 0.4) is 0 Å². The Morgan fingerprint density at radius 1 is 1.11 bits per heavy atom. The van der Waals surface area contributed by atoms with Crippen LogP contribution < -0.4 is 21.2 Å². The van der Waals surface area contributed by atoms with Crippen LogP contribution in [0, 0.1) is 0 Å². The number of ether oxygens (including phenoxy) is 1. The number of hydrogen-bond donors (Lipinski definition) is 0. The molecule has 4 heterocycles. The number of anilines is 2. The molecule has 1 spiro atoms. The summed E-state index contributed by atoms with van der Waals surface area (Å²) < 4.78 is 8.70. The SMILES string of the molecule is CN1CC23OC=CC2N(c2ccccc2)N=C3c2c1n(C)c(=O)n(C)c2=O. The van der Waals surface area contributed by atoms with E-state index in [1.165, 1.54) is 11.6 Å². The highest BCUT2D eigenvalue weighted by Gasteiger charge is 2.59. The molecule has 138 valence electrons. The van der Waals surface area contributed by atoms with Crippen molar-refractivity contribution in [2.24, 2.45) is 19.2 Å². The number of para-hydroxylation sites is 1. The predicted molar refractivity (Wildman–Crippen MR) is 102 cm³/mol. The number of likely N-dealkylation sites (N-methyl/N-ethyl adjacent to an activating group) is 1. The molecule has 2 aromatic rings. The van der Waals surface area contributed by atoms with Crippen molar-refractivity contribution in [3.05, 3.63) is 69.1 Å². The zero-order chi connectivity index (χ0) is 18.9. The van der Waals surface area contributed by atoms with Gasteiger partial charge in [-0.2, -0.15) is 5.10 Å². The molecule has 0 fully saturated rings. The average Bonchev–Trinajstić information content (AvgIpc) is 3.20. The molecule has 3 aliphatic heterocycles. The molecule has 0 saturated carbocycles. The van der Waals surface area contributed by atoms with Crippen LogP contribution in [0.25, 0.3) is 0 Å². The second-order valence-corrected chi connectivity index (χ2v) is 7.17. The lowest BCUT2D eigenvalue weighted by Crippen LogP contribution is -2.61. The molecule has 2 atom stereocenters. The Hall–Kier alpha value is -3.29. The van der Waals surface area contributed by atoms with E-state index >= 15 is 0 Å². The highest BCUT2D eigenvalue weighted by Crippen LogP contribution is 2.44. The van der Waals surface area contributed by atoms with Crippen molar-refractivity contribution in [2.75, 3.05) is 23.5 Å². The van der Waals surface area contributed by atoms with Gasteiger partial charge < -0.3 is 9.64 Å². The van der Waals surface area contributed by atoms with Gasteiger partial charge in [-0.25, -0.2) is 4.79 Å². The Morgan fingerprint density at radius 3 is 2.59 bits per heavy atom. The van der Waals surface area contributed by atoms with E-state index < -0.39 is 5.60 Å². The first-order valence-electron chi connectivity index (χ1n) is 8.75. The molecule has 5 rings (SSSR count). The molecule has 0 saturated heterocycles. The fourth-order valence-electron chi connectivity index (χ4n) is 4.37. The lowest BCUT2D eigenvalue weighted by atomic mass is 9.84. The number of hydrogen-bond acceptors (Lipinski definition) is 6. The summed E-state index contributed by atoms with van der Waals surface area (Å²) in [5.74, 6) is 0.566. The molecule has 0 amide bonds. The molecule has 0 N–H and O–H groups in total. The van der Waals surface area contributed by atoms with Gasteiger partial charge in [0.25, 0.3) is 5.56 Å². The lowest BCUT2D eigenvalue weighted by molar-refractivity contribution is 0.110. The summed E-state index contributed by atoms with van der Waals surface area (Å²) in [4.78, 5) is 27.4. The van der Waals surface area contributed by atoms with Crippen molar-refractivity contribution in [1.82, 2.24) is 9.13 Å². The molecule has 2 unspecified atom stereocenters. The number of hydrazone groups is 1. The number of aromatic nitrogens is 2. The Labute approximate surface area is 155 Å². The number of rotatable bonds is 1. The topological polar surface area (TPSA) is 72.1 Å². The smallest absolute Gasteiger partial charge is 0.332 e. The quantitative estimate of drug-likeness (QED) is 0.732. The normalized spacial score (nSPS) is 25.0. The molecule has 0 aliphatic carbocycles. The van der Waals surface area contributed by atoms with Gasteiger partial charge in [0.15, 0.2) is 5.60 Å². The van der Waals surface area contributed by atoms with E-state index in [9.17, 15) is 9.59 Å². The standard InChI is InChI=1S/C19H19N5O3/c1-21-11-19-13(9-10-27-19)24(12-7-5-4-6-8-12)20-15(19)14-16(21)22(2)18(26)23(3)17(14)25/h4-10,13H,11H2,1-3H3. The zero-order valence-corrected chi connectivity index (χ0v) is 15.3. The predicted octanol–water partition coefficient (Wildman–Crippen LogP) is 0.409. The Bertz CT molecular complexity index is 1130. The maximum atomic E-state index is 13.1. The lowest BCUT2D eigenvalue weighted by Gasteiger charge is -2.40. The van der Waals surface area contributed by atoms with Gasteiger partial charge in [-0.15, -0.1) is 0 Å². The minimum atomic E-state index is -0.777. The van der Waals surface area contributed by atoms with Crippen LogP contribution in [0.1, 0.15) is 5.56 Å². The van der Waals surface area contributed by atoms with Crippen molar-refractivity contribution in [2.45, 2.75) is 11.6 Å². The van der Waals surface area contributed by atoms with Crippen LogP contribution in [0.5, 0.6) is 0 Å². The fourth-order valence-corrected chi connectivity index (χ4v) is 4.37. The van der Waals surface area contributed by atoms with Crippen LogP contribution in [0.2, 0.25) is 0 Å². The molecule has 1 aromatic heterocycles. The summed E-state index contributed by atoms with van der Waals surface area (Å²) in [6.45, 7) is 0.486.